The molecule has 1 aliphatic carbocycles. The molecular formula is C8H15N3OS. The number of carbonyl (C=O) groups is 1. The maximum absolute atomic E-state index is 11.2. The lowest BCUT2D eigenvalue weighted by Gasteiger charge is -2.13. The largest absolute Gasteiger partial charge is 0.393 e. The first-order valence-corrected chi connectivity index (χ1v) is 4.84. The number of rotatable bonds is 4. The molecule has 1 unspecified atom stereocenters. The molecule has 2 amide bonds. The Bertz CT molecular complexity index is 215. The molecule has 13 heavy (non-hydrogen) atoms. The molecule has 74 valence electrons. The van der Waals surface area contributed by atoms with Crippen LogP contribution in [0.5, 0.6) is 0 Å². The van der Waals surface area contributed by atoms with Crippen LogP contribution in [-0.4, -0.2) is 23.1 Å². The van der Waals surface area contributed by atoms with Crippen LogP contribution in [0.2, 0.25) is 0 Å². The van der Waals surface area contributed by atoms with E-state index in [-0.39, 0.29) is 12.1 Å². The van der Waals surface area contributed by atoms with E-state index in [1.54, 1.807) is 0 Å². The molecule has 1 rings (SSSR count). The van der Waals surface area contributed by atoms with E-state index in [1.165, 1.54) is 0 Å². The molecule has 0 radical (unpaired) electrons. The SMILES string of the molecule is CC(CC(N)=S)NC(=O)NC1CC1. The second-order valence-corrected chi connectivity index (χ2v) is 3.99. The van der Waals surface area contributed by atoms with Gasteiger partial charge < -0.3 is 16.4 Å². The number of carbonyl (C=O) groups excluding carboxylic acids is 1. The molecule has 0 bridgehead atoms. The van der Waals surface area contributed by atoms with E-state index < -0.39 is 0 Å². The molecule has 0 heterocycles. The third-order valence-electron chi connectivity index (χ3n) is 1.80. The number of urea groups is 1. The van der Waals surface area contributed by atoms with Crippen LogP contribution in [0, 0.1) is 0 Å². The number of nitrogens with one attached hydrogen (secondary N) is 2. The normalized spacial score (nSPS) is 17.6. The average Bonchev–Trinajstić information content (AvgIpc) is 2.67. The maximum atomic E-state index is 11.2. The highest BCUT2D eigenvalue weighted by molar-refractivity contribution is 7.80. The second kappa shape index (κ2) is 4.41. The summed E-state index contributed by atoms with van der Waals surface area (Å²) in [6.07, 6.45) is 2.74. The van der Waals surface area contributed by atoms with E-state index in [0.29, 0.717) is 17.5 Å². The molecular weight excluding hydrogens is 186 g/mol. The number of amides is 2. The van der Waals surface area contributed by atoms with Gasteiger partial charge >= 0.3 is 6.03 Å². The van der Waals surface area contributed by atoms with E-state index in [0.717, 1.165) is 12.8 Å². The monoisotopic (exact) mass is 201 g/mol. The van der Waals surface area contributed by atoms with Crippen molar-refractivity contribution in [1.29, 1.82) is 0 Å². The Morgan fingerprint density at radius 3 is 2.77 bits per heavy atom. The Morgan fingerprint density at radius 1 is 1.69 bits per heavy atom. The summed E-state index contributed by atoms with van der Waals surface area (Å²) in [4.78, 5) is 11.6. The molecule has 1 atom stereocenters. The van der Waals surface area contributed by atoms with Crippen LogP contribution >= 0.6 is 12.2 Å². The lowest BCUT2D eigenvalue weighted by atomic mass is 10.2. The summed E-state index contributed by atoms with van der Waals surface area (Å²) in [5, 5.41) is 5.59. The van der Waals surface area contributed by atoms with Gasteiger partial charge in [0.2, 0.25) is 0 Å². The van der Waals surface area contributed by atoms with E-state index >= 15 is 0 Å². The second-order valence-electron chi connectivity index (χ2n) is 3.46. The zero-order chi connectivity index (χ0) is 9.84. The van der Waals surface area contributed by atoms with E-state index in [1.807, 2.05) is 6.92 Å². The first kappa shape index (κ1) is 10.2. The van der Waals surface area contributed by atoms with Gasteiger partial charge in [-0.15, -0.1) is 0 Å². The summed E-state index contributed by atoms with van der Waals surface area (Å²) in [6, 6.07) is 0.277. The minimum absolute atomic E-state index is 0.0104. The molecule has 5 heteroatoms. The molecule has 0 spiro atoms. The summed E-state index contributed by atoms with van der Waals surface area (Å²) < 4.78 is 0. The lowest BCUT2D eigenvalue weighted by molar-refractivity contribution is 0.237. The van der Waals surface area contributed by atoms with Crippen LogP contribution in [-0.2, 0) is 0 Å². The van der Waals surface area contributed by atoms with Crippen molar-refractivity contribution in [2.24, 2.45) is 5.73 Å². The van der Waals surface area contributed by atoms with Gasteiger partial charge in [-0.2, -0.15) is 0 Å². The number of hydrogen-bond acceptors (Lipinski definition) is 2. The maximum Gasteiger partial charge on any atom is 0.315 e. The van der Waals surface area contributed by atoms with Gasteiger partial charge in [-0.05, 0) is 19.8 Å². The highest BCUT2D eigenvalue weighted by Gasteiger charge is 2.23. The summed E-state index contributed by atoms with van der Waals surface area (Å²) in [6.45, 7) is 1.88. The predicted octanol–water partition coefficient (Wildman–Crippen LogP) is 0.513. The molecule has 0 saturated heterocycles. The summed E-state index contributed by atoms with van der Waals surface area (Å²) in [5.74, 6) is 0. The predicted molar refractivity (Wildman–Crippen MR) is 55.6 cm³/mol. The summed E-state index contributed by atoms with van der Waals surface area (Å²) >= 11 is 4.73. The highest BCUT2D eigenvalue weighted by atomic mass is 32.1. The summed E-state index contributed by atoms with van der Waals surface area (Å²) in [7, 11) is 0. The van der Waals surface area contributed by atoms with Gasteiger partial charge in [0.1, 0.15) is 0 Å². The average molecular weight is 201 g/mol. The molecule has 0 aliphatic heterocycles. The van der Waals surface area contributed by atoms with Crippen molar-refractivity contribution in [2.75, 3.05) is 0 Å². The number of nitrogens with two attached hydrogens (primary N) is 1. The third kappa shape index (κ3) is 4.67. The molecule has 0 aromatic rings. The van der Waals surface area contributed by atoms with Gasteiger partial charge in [0.05, 0.1) is 4.99 Å². The van der Waals surface area contributed by atoms with Crippen LogP contribution in [0.4, 0.5) is 4.79 Å². The van der Waals surface area contributed by atoms with Crippen LogP contribution < -0.4 is 16.4 Å². The number of thiocarbonyl (C=S) groups is 1. The van der Waals surface area contributed by atoms with Crippen LogP contribution in [0.1, 0.15) is 26.2 Å². The molecule has 4 nitrogen and oxygen atoms in total. The van der Waals surface area contributed by atoms with Crippen molar-refractivity contribution in [1.82, 2.24) is 10.6 Å². The quantitative estimate of drug-likeness (QED) is 0.581. The van der Waals surface area contributed by atoms with E-state index in [2.05, 4.69) is 10.6 Å². The van der Waals surface area contributed by atoms with Crippen molar-refractivity contribution >= 4 is 23.2 Å². The number of hydrogen-bond donors (Lipinski definition) is 3. The lowest BCUT2D eigenvalue weighted by Crippen LogP contribution is -2.42. The van der Waals surface area contributed by atoms with E-state index in [4.69, 9.17) is 18.0 Å². The Hall–Kier alpha value is -0.840. The van der Waals surface area contributed by atoms with Crippen molar-refractivity contribution < 1.29 is 4.79 Å². The zero-order valence-electron chi connectivity index (χ0n) is 7.67. The van der Waals surface area contributed by atoms with E-state index in [9.17, 15) is 4.79 Å². The molecule has 0 aromatic heterocycles. The first-order chi connectivity index (χ1) is 6.08. The zero-order valence-corrected chi connectivity index (χ0v) is 8.49. The van der Waals surface area contributed by atoms with Gasteiger partial charge in [-0.1, -0.05) is 12.2 Å². The molecule has 4 N–H and O–H groups in total. The minimum atomic E-state index is -0.119. The van der Waals surface area contributed by atoms with Gasteiger partial charge in [-0.25, -0.2) is 4.79 Å². The Balaban J connectivity index is 2.13. The fourth-order valence-electron chi connectivity index (χ4n) is 1.03. The van der Waals surface area contributed by atoms with Gasteiger partial charge in [-0.3, -0.25) is 0 Å². The molecule has 1 aliphatic rings. The third-order valence-corrected chi connectivity index (χ3v) is 1.96. The van der Waals surface area contributed by atoms with Crippen molar-refractivity contribution in [3.05, 3.63) is 0 Å². The fraction of sp³-hybridized carbons (Fsp3) is 0.750. The van der Waals surface area contributed by atoms with Crippen molar-refractivity contribution in [2.45, 2.75) is 38.3 Å². The van der Waals surface area contributed by atoms with Crippen LogP contribution in [0.25, 0.3) is 0 Å². The van der Waals surface area contributed by atoms with Gasteiger partial charge in [0.25, 0.3) is 0 Å². The van der Waals surface area contributed by atoms with Crippen molar-refractivity contribution in [3.63, 3.8) is 0 Å². The highest BCUT2D eigenvalue weighted by Crippen LogP contribution is 2.18. The minimum Gasteiger partial charge on any atom is -0.393 e. The standard InChI is InChI=1S/C8H15N3OS/c1-5(4-7(9)13)10-8(12)11-6-2-3-6/h5-6H,2-4H2,1H3,(H2,9,13)(H2,10,11,12). The van der Waals surface area contributed by atoms with Gasteiger partial charge in [0.15, 0.2) is 0 Å². The summed E-state index contributed by atoms with van der Waals surface area (Å²) in [5.41, 5.74) is 5.34. The molecule has 1 fully saturated rings. The van der Waals surface area contributed by atoms with Crippen LogP contribution in [0.3, 0.4) is 0 Å². The molecule has 0 aromatic carbocycles. The first-order valence-electron chi connectivity index (χ1n) is 4.43. The van der Waals surface area contributed by atoms with Gasteiger partial charge in [0, 0.05) is 18.5 Å². The smallest absolute Gasteiger partial charge is 0.315 e. The van der Waals surface area contributed by atoms with Crippen LogP contribution in [0.15, 0.2) is 0 Å². The topological polar surface area (TPSA) is 67.1 Å². The van der Waals surface area contributed by atoms with Crippen molar-refractivity contribution in [3.8, 4) is 0 Å². The Labute approximate surface area is 83.2 Å². The Morgan fingerprint density at radius 2 is 2.31 bits per heavy atom. The Kier molecular flexibility index (Phi) is 3.48. The molecule has 1 saturated carbocycles. The fourth-order valence-corrected chi connectivity index (χ4v) is 1.28.